The third-order valence-corrected chi connectivity index (χ3v) is 8.33. The summed E-state index contributed by atoms with van der Waals surface area (Å²) in [6.07, 6.45) is 0. The topological polar surface area (TPSA) is 4.36 Å². The van der Waals surface area contributed by atoms with Crippen molar-refractivity contribution in [1.82, 2.24) is 0 Å². The first-order valence-electron chi connectivity index (χ1n) is 8.16. The summed E-state index contributed by atoms with van der Waals surface area (Å²) in [6.45, 7) is 16.5. The molecule has 0 aliphatic rings. The second kappa shape index (κ2) is 5.35. The maximum atomic E-state index is 7.32. The number of benzene rings is 3. The molecule has 0 atom stereocenters. The van der Waals surface area contributed by atoms with Gasteiger partial charge in [0.2, 0.25) is 0 Å². The molecule has 0 amide bonds. The first-order valence-corrected chi connectivity index (χ1v) is 10.5. The van der Waals surface area contributed by atoms with Crippen LogP contribution >= 0.6 is 0 Å². The van der Waals surface area contributed by atoms with Gasteiger partial charge in [0.15, 0.2) is 0 Å². The Bertz CT molecular complexity index is 1150. The quantitative estimate of drug-likeness (QED) is 0.228. The Morgan fingerprint density at radius 3 is 2.25 bits per heavy atom. The first kappa shape index (κ1) is 15.7. The number of rotatable bonds is 0. The van der Waals surface area contributed by atoms with Crippen molar-refractivity contribution in [2.24, 2.45) is 0 Å². The molecule has 0 N–H and O–H groups in total. The fraction of sp³-hybridized carbons (Fsp3) is 0.227. The zero-order valence-electron chi connectivity index (χ0n) is 14.4. The predicted molar refractivity (Wildman–Crippen MR) is 106 cm³/mol. The van der Waals surface area contributed by atoms with E-state index in [1.165, 1.54) is 36.1 Å². The van der Waals surface area contributed by atoms with Crippen LogP contribution in [0.15, 0.2) is 42.5 Å². The van der Waals surface area contributed by atoms with E-state index in [9.17, 15) is 0 Å². The second-order valence-corrected chi connectivity index (χ2v) is 10.4. The molecule has 0 saturated carbocycles. The van der Waals surface area contributed by atoms with E-state index in [0.717, 1.165) is 5.69 Å². The number of hydrogen-bond acceptors (Lipinski definition) is 0. The normalized spacial score (nSPS) is 12.1. The molecular formula is C22H19NTe. The van der Waals surface area contributed by atoms with Gasteiger partial charge in [-0.05, 0) is 0 Å². The zero-order chi connectivity index (χ0) is 17.1. The van der Waals surface area contributed by atoms with Crippen molar-refractivity contribution in [1.29, 1.82) is 0 Å². The molecule has 0 bridgehead atoms. The molecule has 0 radical (unpaired) electrons. The van der Waals surface area contributed by atoms with Crippen LogP contribution in [0.4, 0.5) is 5.69 Å². The monoisotopic (exact) mass is 427 g/mol. The summed E-state index contributed by atoms with van der Waals surface area (Å²) < 4.78 is 3.11. The third-order valence-electron chi connectivity index (χ3n) is 4.70. The summed E-state index contributed by atoms with van der Waals surface area (Å²) in [5, 5.41) is 5.37. The molecule has 3 aromatic carbocycles. The second-order valence-electron chi connectivity index (χ2n) is 7.45. The number of aryl methyl sites for hydroxylation is 1. The van der Waals surface area contributed by atoms with Crippen molar-refractivity contribution in [3.63, 3.8) is 0 Å². The first-order chi connectivity index (χ1) is 11.4. The molecular weight excluding hydrogens is 406 g/mol. The van der Waals surface area contributed by atoms with Gasteiger partial charge in [-0.2, -0.15) is 0 Å². The minimum atomic E-state index is -0.442. The average Bonchev–Trinajstić information content (AvgIpc) is 2.91. The van der Waals surface area contributed by atoms with Gasteiger partial charge in [-0.15, -0.1) is 0 Å². The van der Waals surface area contributed by atoms with Crippen LogP contribution in [-0.4, -0.2) is 20.4 Å². The fourth-order valence-electron chi connectivity index (χ4n) is 3.71. The van der Waals surface area contributed by atoms with E-state index in [4.69, 9.17) is 6.57 Å². The van der Waals surface area contributed by atoms with Gasteiger partial charge in [0, 0.05) is 0 Å². The van der Waals surface area contributed by atoms with E-state index < -0.39 is 20.4 Å². The molecule has 0 unspecified atom stereocenters. The Morgan fingerprint density at radius 1 is 0.875 bits per heavy atom. The van der Waals surface area contributed by atoms with E-state index in [1.54, 1.807) is 3.40 Å². The number of fused-ring (bicyclic) bond motifs is 5. The predicted octanol–water partition coefficient (Wildman–Crippen LogP) is 6.36. The van der Waals surface area contributed by atoms with Gasteiger partial charge in [0.25, 0.3) is 0 Å². The summed E-state index contributed by atoms with van der Waals surface area (Å²) in [6, 6.07) is 15.2. The van der Waals surface area contributed by atoms with Crippen LogP contribution in [-0.2, 0) is 5.41 Å². The SMILES string of the molecule is [C-]#[N+]c1ccc2ccc3c4ccc(C)c(C(C)(C)C)c4[te]c3c2c1. The summed E-state index contributed by atoms with van der Waals surface area (Å²) in [4.78, 5) is 3.63. The Kier molecular flexibility index (Phi) is 3.50. The molecule has 4 rings (SSSR count). The summed E-state index contributed by atoms with van der Waals surface area (Å²) in [5.74, 6) is 0. The Balaban J connectivity index is 2.22. The van der Waals surface area contributed by atoms with Crippen LogP contribution in [0, 0.1) is 13.5 Å². The van der Waals surface area contributed by atoms with Crippen molar-refractivity contribution in [3.05, 3.63) is 65.0 Å². The van der Waals surface area contributed by atoms with Crippen LogP contribution in [0.1, 0.15) is 31.9 Å². The van der Waals surface area contributed by atoms with Gasteiger partial charge in [-0.1, -0.05) is 0 Å². The Labute approximate surface area is 152 Å². The van der Waals surface area contributed by atoms with Crippen LogP contribution in [0.3, 0.4) is 0 Å². The molecule has 1 aromatic heterocycles. The van der Waals surface area contributed by atoms with E-state index in [-0.39, 0.29) is 5.41 Å². The van der Waals surface area contributed by atoms with Crippen LogP contribution in [0.2, 0.25) is 0 Å². The molecule has 2 heteroatoms. The van der Waals surface area contributed by atoms with E-state index in [2.05, 4.69) is 68.9 Å². The van der Waals surface area contributed by atoms with Crippen molar-refractivity contribution in [2.45, 2.75) is 33.1 Å². The summed E-state index contributed by atoms with van der Waals surface area (Å²) in [5.41, 5.74) is 3.85. The molecule has 1 heterocycles. The molecule has 118 valence electrons. The summed E-state index contributed by atoms with van der Waals surface area (Å²) in [7, 11) is 0. The standard InChI is InChI=1S/C22H19NTe/c1-13-6-10-17-16-11-8-14-7-9-15(23-5)12-18(14)20(16)24-21(17)19(13)22(2,3)4/h6-12H,1-4H3. The fourth-order valence-corrected chi connectivity index (χ4v) is 8.37. The van der Waals surface area contributed by atoms with Crippen molar-refractivity contribution in [3.8, 4) is 0 Å². The molecule has 1 nitrogen and oxygen atoms in total. The Morgan fingerprint density at radius 2 is 1.54 bits per heavy atom. The van der Waals surface area contributed by atoms with Gasteiger partial charge < -0.3 is 0 Å². The van der Waals surface area contributed by atoms with Gasteiger partial charge in [0.1, 0.15) is 0 Å². The van der Waals surface area contributed by atoms with Crippen molar-refractivity contribution >= 4 is 54.5 Å². The van der Waals surface area contributed by atoms with Crippen molar-refractivity contribution < 1.29 is 0 Å². The third kappa shape index (κ3) is 2.28. The van der Waals surface area contributed by atoms with E-state index in [1.807, 2.05) is 6.07 Å². The van der Waals surface area contributed by atoms with Crippen LogP contribution in [0.5, 0.6) is 0 Å². The van der Waals surface area contributed by atoms with Gasteiger partial charge in [0.05, 0.1) is 0 Å². The van der Waals surface area contributed by atoms with Crippen LogP contribution < -0.4 is 0 Å². The molecule has 0 fully saturated rings. The maximum absolute atomic E-state index is 7.32. The minimum absolute atomic E-state index is 0.166. The molecule has 4 aromatic rings. The molecule has 0 saturated heterocycles. The molecule has 24 heavy (non-hydrogen) atoms. The van der Waals surface area contributed by atoms with Crippen molar-refractivity contribution in [2.75, 3.05) is 0 Å². The molecule has 0 aliphatic heterocycles. The van der Waals surface area contributed by atoms with Gasteiger partial charge in [-0.25, -0.2) is 0 Å². The van der Waals surface area contributed by atoms with E-state index in [0.29, 0.717) is 0 Å². The van der Waals surface area contributed by atoms with Gasteiger partial charge in [-0.3, -0.25) is 0 Å². The average molecular weight is 425 g/mol. The number of hydrogen-bond donors (Lipinski definition) is 0. The van der Waals surface area contributed by atoms with E-state index >= 15 is 0 Å². The molecule has 0 aliphatic carbocycles. The summed E-state index contributed by atoms with van der Waals surface area (Å²) >= 11 is -0.442. The van der Waals surface area contributed by atoms with Crippen LogP contribution in [0.25, 0.3) is 33.2 Å². The molecule has 0 spiro atoms. The zero-order valence-corrected chi connectivity index (χ0v) is 16.7. The van der Waals surface area contributed by atoms with Gasteiger partial charge >= 0.3 is 153 Å². The number of nitrogens with zero attached hydrogens (tertiary/aromatic N) is 1. The Hall–Kier alpha value is -1.80.